The molecule has 0 atom stereocenters. The van der Waals surface area contributed by atoms with Crippen LogP contribution in [0.3, 0.4) is 0 Å². The molecule has 2 rings (SSSR count). The standard InChI is InChI=1S/C16H15N3OS/c17-9-8-12-4-6-14(7-5-12)19-16(20)11-21-15-3-1-2-13(18)10-15/h1-7,10H,8,11,18H2,(H,19,20). The number of nitrogens with one attached hydrogen (secondary N) is 1. The van der Waals surface area contributed by atoms with Gasteiger partial charge < -0.3 is 11.1 Å². The molecule has 3 N–H and O–H groups in total. The van der Waals surface area contributed by atoms with Crippen molar-refractivity contribution in [2.75, 3.05) is 16.8 Å². The van der Waals surface area contributed by atoms with Gasteiger partial charge in [0, 0.05) is 16.3 Å². The summed E-state index contributed by atoms with van der Waals surface area (Å²) in [5, 5.41) is 11.4. The molecule has 2 aromatic carbocycles. The van der Waals surface area contributed by atoms with E-state index in [-0.39, 0.29) is 5.91 Å². The van der Waals surface area contributed by atoms with Gasteiger partial charge in [-0.15, -0.1) is 11.8 Å². The van der Waals surface area contributed by atoms with Crippen molar-refractivity contribution in [1.29, 1.82) is 5.26 Å². The number of nitrogen functional groups attached to an aromatic ring is 1. The summed E-state index contributed by atoms with van der Waals surface area (Å²) >= 11 is 1.44. The molecule has 21 heavy (non-hydrogen) atoms. The number of carbonyl (C=O) groups is 1. The average molecular weight is 297 g/mol. The van der Waals surface area contributed by atoms with Gasteiger partial charge in [0.1, 0.15) is 0 Å². The minimum Gasteiger partial charge on any atom is -0.399 e. The lowest BCUT2D eigenvalue weighted by Crippen LogP contribution is -2.13. The first-order valence-electron chi connectivity index (χ1n) is 6.41. The van der Waals surface area contributed by atoms with Gasteiger partial charge in [-0.3, -0.25) is 4.79 Å². The van der Waals surface area contributed by atoms with Gasteiger partial charge >= 0.3 is 0 Å². The van der Waals surface area contributed by atoms with Crippen LogP contribution in [0, 0.1) is 11.3 Å². The van der Waals surface area contributed by atoms with Crippen LogP contribution in [0.15, 0.2) is 53.4 Å². The van der Waals surface area contributed by atoms with Crippen molar-refractivity contribution in [3.05, 3.63) is 54.1 Å². The van der Waals surface area contributed by atoms with Crippen molar-refractivity contribution in [3.8, 4) is 6.07 Å². The molecule has 0 bridgehead atoms. The van der Waals surface area contributed by atoms with Gasteiger partial charge in [-0.05, 0) is 35.9 Å². The third kappa shape index (κ3) is 4.86. The highest BCUT2D eigenvalue weighted by Gasteiger charge is 2.04. The van der Waals surface area contributed by atoms with Gasteiger partial charge in [0.15, 0.2) is 0 Å². The number of hydrogen-bond acceptors (Lipinski definition) is 4. The number of anilines is 2. The molecule has 1 amide bonds. The number of benzene rings is 2. The molecule has 0 unspecified atom stereocenters. The summed E-state index contributed by atoms with van der Waals surface area (Å²) in [6.45, 7) is 0. The fourth-order valence-corrected chi connectivity index (χ4v) is 2.51. The molecule has 0 aliphatic heterocycles. The van der Waals surface area contributed by atoms with Crippen LogP contribution in [0.2, 0.25) is 0 Å². The number of nitriles is 1. The first kappa shape index (κ1) is 14.9. The molecule has 0 aliphatic carbocycles. The fourth-order valence-electron chi connectivity index (χ4n) is 1.75. The van der Waals surface area contributed by atoms with E-state index in [0.717, 1.165) is 16.1 Å². The van der Waals surface area contributed by atoms with Crippen molar-refractivity contribution in [2.45, 2.75) is 11.3 Å². The highest BCUT2D eigenvalue weighted by molar-refractivity contribution is 8.00. The average Bonchev–Trinajstić information content (AvgIpc) is 2.48. The Labute approximate surface area is 128 Å². The van der Waals surface area contributed by atoms with Gasteiger partial charge in [-0.25, -0.2) is 0 Å². The van der Waals surface area contributed by atoms with Crippen LogP contribution in [0.25, 0.3) is 0 Å². The van der Waals surface area contributed by atoms with Gasteiger partial charge in [-0.1, -0.05) is 18.2 Å². The van der Waals surface area contributed by atoms with Crippen molar-refractivity contribution in [2.24, 2.45) is 0 Å². The van der Waals surface area contributed by atoms with Crippen LogP contribution >= 0.6 is 11.8 Å². The Morgan fingerprint density at radius 2 is 2.00 bits per heavy atom. The molecule has 0 saturated carbocycles. The van der Waals surface area contributed by atoms with Crippen molar-refractivity contribution in [3.63, 3.8) is 0 Å². The van der Waals surface area contributed by atoms with Crippen molar-refractivity contribution in [1.82, 2.24) is 0 Å². The Balaban J connectivity index is 1.85. The molecule has 0 aliphatic rings. The molecule has 106 valence electrons. The number of carbonyl (C=O) groups excluding carboxylic acids is 1. The Morgan fingerprint density at radius 3 is 2.67 bits per heavy atom. The summed E-state index contributed by atoms with van der Waals surface area (Å²) in [5.74, 6) is 0.249. The zero-order valence-electron chi connectivity index (χ0n) is 11.4. The van der Waals surface area contributed by atoms with E-state index >= 15 is 0 Å². The number of thioether (sulfide) groups is 1. The van der Waals surface area contributed by atoms with Crippen LogP contribution in [-0.2, 0) is 11.2 Å². The zero-order chi connectivity index (χ0) is 15.1. The maximum absolute atomic E-state index is 11.9. The van der Waals surface area contributed by atoms with Crippen LogP contribution < -0.4 is 11.1 Å². The Hall–Kier alpha value is -2.45. The van der Waals surface area contributed by atoms with E-state index < -0.39 is 0 Å². The van der Waals surface area contributed by atoms with Gasteiger partial charge in [0.2, 0.25) is 5.91 Å². The second kappa shape index (κ2) is 7.36. The summed E-state index contributed by atoms with van der Waals surface area (Å²) in [7, 11) is 0. The third-order valence-electron chi connectivity index (χ3n) is 2.75. The van der Waals surface area contributed by atoms with Crippen LogP contribution in [-0.4, -0.2) is 11.7 Å². The molecule has 4 nitrogen and oxygen atoms in total. The maximum atomic E-state index is 11.9. The van der Waals surface area contributed by atoms with E-state index in [1.807, 2.05) is 36.4 Å². The fraction of sp³-hybridized carbons (Fsp3) is 0.125. The summed E-state index contributed by atoms with van der Waals surface area (Å²) < 4.78 is 0. The molecule has 0 saturated heterocycles. The highest BCUT2D eigenvalue weighted by atomic mass is 32.2. The number of nitrogens with two attached hydrogens (primary N) is 1. The predicted octanol–water partition coefficient (Wildman–Crippen LogP) is 3.07. The van der Waals surface area contributed by atoms with E-state index in [0.29, 0.717) is 17.9 Å². The molecule has 0 fully saturated rings. The van der Waals surface area contributed by atoms with E-state index in [2.05, 4.69) is 11.4 Å². The smallest absolute Gasteiger partial charge is 0.234 e. The van der Waals surface area contributed by atoms with Crippen molar-refractivity contribution >= 4 is 29.0 Å². The molecule has 5 heteroatoms. The molecule has 0 radical (unpaired) electrons. The summed E-state index contributed by atoms with van der Waals surface area (Å²) in [5.41, 5.74) is 8.05. The lowest BCUT2D eigenvalue weighted by Gasteiger charge is -2.06. The maximum Gasteiger partial charge on any atom is 0.234 e. The molecule has 2 aromatic rings. The van der Waals surface area contributed by atoms with E-state index in [1.165, 1.54) is 11.8 Å². The lowest BCUT2D eigenvalue weighted by atomic mass is 10.1. The topological polar surface area (TPSA) is 78.9 Å². The van der Waals surface area contributed by atoms with Crippen LogP contribution in [0.5, 0.6) is 0 Å². The largest absolute Gasteiger partial charge is 0.399 e. The normalized spacial score (nSPS) is 9.86. The second-order valence-corrected chi connectivity index (χ2v) is 5.49. The van der Waals surface area contributed by atoms with Gasteiger partial charge in [0.25, 0.3) is 0 Å². The first-order valence-corrected chi connectivity index (χ1v) is 7.40. The minimum atomic E-state index is -0.0737. The Bertz CT molecular complexity index is 662. The SMILES string of the molecule is N#CCc1ccc(NC(=O)CSc2cccc(N)c2)cc1. The summed E-state index contributed by atoms with van der Waals surface area (Å²) in [4.78, 5) is 12.8. The second-order valence-electron chi connectivity index (χ2n) is 4.44. The van der Waals surface area contributed by atoms with E-state index in [9.17, 15) is 4.79 Å². The lowest BCUT2D eigenvalue weighted by molar-refractivity contribution is -0.113. The van der Waals surface area contributed by atoms with E-state index in [1.54, 1.807) is 12.1 Å². The van der Waals surface area contributed by atoms with E-state index in [4.69, 9.17) is 11.0 Å². The number of nitrogens with zero attached hydrogens (tertiary/aromatic N) is 1. The Morgan fingerprint density at radius 1 is 1.24 bits per heavy atom. The molecule has 0 spiro atoms. The first-order chi connectivity index (χ1) is 10.2. The predicted molar refractivity (Wildman–Crippen MR) is 86.0 cm³/mol. The monoisotopic (exact) mass is 297 g/mol. The molecule has 0 aromatic heterocycles. The van der Waals surface area contributed by atoms with Gasteiger partial charge in [-0.2, -0.15) is 5.26 Å². The summed E-state index contributed by atoms with van der Waals surface area (Å²) in [6, 6.07) is 16.8. The summed E-state index contributed by atoms with van der Waals surface area (Å²) in [6.07, 6.45) is 0.375. The number of rotatable bonds is 5. The highest BCUT2D eigenvalue weighted by Crippen LogP contribution is 2.20. The van der Waals surface area contributed by atoms with Gasteiger partial charge in [0.05, 0.1) is 18.2 Å². The molecular formula is C16H15N3OS. The molecular weight excluding hydrogens is 282 g/mol. The van der Waals surface area contributed by atoms with Crippen LogP contribution in [0.4, 0.5) is 11.4 Å². The third-order valence-corrected chi connectivity index (χ3v) is 3.74. The molecule has 0 heterocycles. The minimum absolute atomic E-state index is 0.0737. The zero-order valence-corrected chi connectivity index (χ0v) is 12.2. The quantitative estimate of drug-likeness (QED) is 0.656. The number of amides is 1. The van der Waals surface area contributed by atoms with Crippen LogP contribution in [0.1, 0.15) is 5.56 Å². The number of hydrogen-bond donors (Lipinski definition) is 2. The van der Waals surface area contributed by atoms with Crippen molar-refractivity contribution < 1.29 is 4.79 Å². The Kier molecular flexibility index (Phi) is 5.24.